The summed E-state index contributed by atoms with van der Waals surface area (Å²) in [7, 11) is 3.25. The molecule has 1 atom stereocenters. The molecule has 1 aliphatic heterocycles. The third-order valence-electron chi connectivity index (χ3n) is 4.29. The molecular formula is C19H36FNO4. The van der Waals surface area contributed by atoms with Crippen LogP contribution in [-0.2, 0) is 19.3 Å². The lowest BCUT2D eigenvalue weighted by Crippen LogP contribution is -2.29. The number of nitrogens with zero attached hydrogens (tertiary/aromatic N) is 1. The number of Topliss-reactive ketones (excluding diaryl/α,β-unsaturated/α-hetero) is 1. The zero-order valence-corrected chi connectivity index (χ0v) is 16.2. The Morgan fingerprint density at radius 2 is 1.44 bits per heavy atom. The van der Waals surface area contributed by atoms with Gasteiger partial charge in [0.25, 0.3) is 0 Å². The fourth-order valence-corrected chi connectivity index (χ4v) is 2.90. The summed E-state index contributed by atoms with van der Waals surface area (Å²) in [4.78, 5) is 28.2. The number of unbranched alkanes of at least 4 members (excludes halogenated alkanes) is 7. The summed E-state index contributed by atoms with van der Waals surface area (Å²) in [6.07, 6.45) is 10.4. The number of amides is 1. The molecule has 0 N–H and O–H groups in total. The van der Waals surface area contributed by atoms with Crippen LogP contribution in [0.2, 0.25) is 0 Å². The molecule has 0 aromatic carbocycles. The molecule has 1 fully saturated rings. The van der Waals surface area contributed by atoms with Gasteiger partial charge in [0.15, 0.2) is 0 Å². The van der Waals surface area contributed by atoms with E-state index in [-0.39, 0.29) is 11.7 Å². The van der Waals surface area contributed by atoms with Crippen molar-refractivity contribution >= 4 is 11.7 Å². The molecule has 5 nitrogen and oxygen atoms in total. The number of ketones is 1. The maximum absolute atomic E-state index is 12.0. The second kappa shape index (κ2) is 16.5. The molecule has 0 aromatic rings. The van der Waals surface area contributed by atoms with Gasteiger partial charge in [0.1, 0.15) is 11.9 Å². The Hall–Kier alpha value is -1.01. The van der Waals surface area contributed by atoms with Gasteiger partial charge in [-0.25, -0.2) is 0 Å². The average Bonchev–Trinajstić information content (AvgIpc) is 3.06. The third-order valence-corrected chi connectivity index (χ3v) is 4.29. The molecule has 1 heterocycles. The predicted octanol–water partition coefficient (Wildman–Crippen LogP) is 4.24. The summed E-state index contributed by atoms with van der Waals surface area (Å²) in [5.74, 6) is 0.413. The van der Waals surface area contributed by atoms with E-state index in [1.54, 1.807) is 26.0 Å². The predicted molar refractivity (Wildman–Crippen MR) is 97.0 cm³/mol. The molecule has 0 spiro atoms. The Bertz CT molecular complexity index is 352. The topological polar surface area (TPSA) is 55.8 Å². The molecule has 0 aromatic heterocycles. The van der Waals surface area contributed by atoms with E-state index < -0.39 is 6.10 Å². The summed E-state index contributed by atoms with van der Waals surface area (Å²) in [6, 6.07) is 0. The highest BCUT2D eigenvalue weighted by Crippen LogP contribution is 2.16. The van der Waals surface area contributed by atoms with Crippen molar-refractivity contribution < 1.29 is 23.8 Å². The molecule has 1 saturated heterocycles. The van der Waals surface area contributed by atoms with Gasteiger partial charge >= 0.3 is 0 Å². The van der Waals surface area contributed by atoms with Crippen LogP contribution in [0.15, 0.2) is 0 Å². The number of halogens is 1. The summed E-state index contributed by atoms with van der Waals surface area (Å²) in [5, 5.41) is 0. The maximum atomic E-state index is 12.0. The van der Waals surface area contributed by atoms with Crippen LogP contribution in [0.3, 0.4) is 0 Å². The number of carbonyl (C=O) groups is 2. The minimum absolute atomic E-state index is 0.129. The molecule has 148 valence electrons. The molecule has 0 radical (unpaired) electrons. The first-order chi connectivity index (χ1) is 12.0. The Morgan fingerprint density at radius 1 is 0.960 bits per heavy atom. The minimum atomic E-state index is -0.424. The normalized spacial score (nSPS) is 16.5. The van der Waals surface area contributed by atoms with Crippen molar-refractivity contribution in [1.82, 2.24) is 4.90 Å². The second-order valence-electron chi connectivity index (χ2n) is 6.78. The van der Waals surface area contributed by atoms with Gasteiger partial charge in [0, 0.05) is 33.6 Å². The zero-order chi connectivity index (χ0) is 18.9. The van der Waals surface area contributed by atoms with Crippen LogP contribution in [0.25, 0.3) is 0 Å². The first-order valence-electron chi connectivity index (χ1n) is 9.49. The molecule has 0 bridgehead atoms. The number of rotatable bonds is 12. The molecule has 1 unspecified atom stereocenters. The molecule has 6 heteroatoms. The van der Waals surface area contributed by atoms with Crippen molar-refractivity contribution in [3.63, 3.8) is 0 Å². The van der Waals surface area contributed by atoms with Crippen LogP contribution in [0, 0.1) is 0 Å². The van der Waals surface area contributed by atoms with Crippen LogP contribution in [0.4, 0.5) is 4.53 Å². The van der Waals surface area contributed by atoms with Crippen molar-refractivity contribution in [2.45, 2.75) is 83.7 Å². The largest absolute Gasteiger partial charge is 0.388 e. The van der Waals surface area contributed by atoms with Crippen molar-refractivity contribution in [2.24, 2.45) is 0 Å². The van der Waals surface area contributed by atoms with E-state index in [0.29, 0.717) is 32.4 Å². The highest BCUT2D eigenvalue weighted by atomic mass is 19.3. The van der Waals surface area contributed by atoms with Gasteiger partial charge < -0.3 is 14.4 Å². The van der Waals surface area contributed by atoms with E-state index in [4.69, 9.17) is 0 Å². The number of ether oxygens (including phenoxy) is 1. The fraction of sp³-hybridized carbons (Fsp3) is 0.895. The van der Waals surface area contributed by atoms with Crippen molar-refractivity contribution in [2.75, 3.05) is 27.3 Å². The SMILES string of the molecule is CC(=O)CCCCCCCCCCC(=O)N1CCC(OF)C1.COC. The van der Waals surface area contributed by atoms with Crippen LogP contribution < -0.4 is 0 Å². The molecular weight excluding hydrogens is 325 g/mol. The smallest absolute Gasteiger partial charge is 0.222 e. The standard InChI is InChI=1S/C17H30FNO3.C2H6O/c1-15(20)10-8-6-4-2-3-5-7-9-11-17(21)19-13-12-16(14-19)22-18;1-3-2/h16H,2-14H2,1H3;1-2H3. The van der Waals surface area contributed by atoms with Crippen molar-refractivity contribution in [3.05, 3.63) is 0 Å². The molecule has 0 saturated carbocycles. The number of methoxy groups -OCH3 is 1. The van der Waals surface area contributed by atoms with E-state index in [2.05, 4.69) is 9.68 Å². The fourth-order valence-electron chi connectivity index (χ4n) is 2.90. The van der Waals surface area contributed by atoms with Gasteiger partial charge in [-0.1, -0.05) is 38.5 Å². The van der Waals surface area contributed by atoms with Crippen LogP contribution >= 0.6 is 0 Å². The molecule has 1 aliphatic rings. The summed E-state index contributed by atoms with van der Waals surface area (Å²) >= 11 is 0. The Morgan fingerprint density at radius 3 is 1.88 bits per heavy atom. The number of carbonyl (C=O) groups excluding carboxylic acids is 2. The maximum Gasteiger partial charge on any atom is 0.222 e. The highest BCUT2D eigenvalue weighted by Gasteiger charge is 2.26. The number of hydrogen-bond donors (Lipinski definition) is 0. The lowest BCUT2D eigenvalue weighted by molar-refractivity contribution is -0.174. The number of likely N-dealkylation sites (tertiary alicyclic amines) is 1. The number of hydrogen-bond acceptors (Lipinski definition) is 4. The van der Waals surface area contributed by atoms with Gasteiger partial charge in [-0.2, -0.15) is 4.94 Å². The van der Waals surface area contributed by atoms with E-state index in [9.17, 15) is 14.1 Å². The Balaban J connectivity index is 0.00000178. The summed E-state index contributed by atoms with van der Waals surface area (Å²) in [5.41, 5.74) is 0. The van der Waals surface area contributed by atoms with E-state index in [0.717, 1.165) is 32.1 Å². The Labute approximate surface area is 152 Å². The highest BCUT2D eigenvalue weighted by molar-refractivity contribution is 5.76. The summed E-state index contributed by atoms with van der Waals surface area (Å²) in [6.45, 7) is 2.66. The van der Waals surface area contributed by atoms with Gasteiger partial charge in [0.2, 0.25) is 5.91 Å². The lowest BCUT2D eigenvalue weighted by Gasteiger charge is -2.15. The molecule has 1 amide bonds. The Kier molecular flexibility index (Phi) is 15.8. The minimum Gasteiger partial charge on any atom is -0.388 e. The van der Waals surface area contributed by atoms with Gasteiger partial charge in [-0.05, 0) is 30.7 Å². The van der Waals surface area contributed by atoms with E-state index in [1.165, 1.54) is 19.3 Å². The first-order valence-corrected chi connectivity index (χ1v) is 9.49. The van der Waals surface area contributed by atoms with E-state index in [1.807, 2.05) is 0 Å². The van der Waals surface area contributed by atoms with Crippen LogP contribution in [-0.4, -0.2) is 50.0 Å². The van der Waals surface area contributed by atoms with Crippen molar-refractivity contribution in [3.8, 4) is 0 Å². The molecule has 25 heavy (non-hydrogen) atoms. The second-order valence-corrected chi connectivity index (χ2v) is 6.78. The van der Waals surface area contributed by atoms with Gasteiger partial charge in [0.05, 0.1) is 6.54 Å². The lowest BCUT2D eigenvalue weighted by atomic mass is 10.1. The van der Waals surface area contributed by atoms with Crippen LogP contribution in [0.5, 0.6) is 0 Å². The molecule has 1 rings (SSSR count). The van der Waals surface area contributed by atoms with Gasteiger partial charge in [-0.3, -0.25) is 4.79 Å². The zero-order valence-electron chi connectivity index (χ0n) is 16.2. The van der Waals surface area contributed by atoms with E-state index >= 15 is 0 Å². The monoisotopic (exact) mass is 361 g/mol. The average molecular weight is 361 g/mol. The summed E-state index contributed by atoms with van der Waals surface area (Å²) < 4.78 is 16.3. The molecule has 0 aliphatic carbocycles. The quantitative estimate of drug-likeness (QED) is 0.488. The van der Waals surface area contributed by atoms with Crippen LogP contribution in [0.1, 0.15) is 77.6 Å². The third kappa shape index (κ3) is 13.9. The van der Waals surface area contributed by atoms with Crippen molar-refractivity contribution in [1.29, 1.82) is 0 Å². The first kappa shape index (κ1) is 24.0. The van der Waals surface area contributed by atoms with Gasteiger partial charge in [-0.15, -0.1) is 0 Å².